The van der Waals surface area contributed by atoms with Crippen molar-refractivity contribution in [2.24, 2.45) is 11.8 Å². The predicted octanol–water partition coefficient (Wildman–Crippen LogP) is 0.0830. The highest BCUT2D eigenvalue weighted by Gasteiger charge is 1.95. The van der Waals surface area contributed by atoms with Crippen molar-refractivity contribution in [1.29, 1.82) is 5.41 Å². The molecule has 42 valence electrons. The normalized spacial score (nSPS) is 9.14. The molecule has 0 saturated heterocycles. The summed E-state index contributed by atoms with van der Waals surface area (Å²) in [5, 5.41) is 6.96. The minimum absolute atomic E-state index is 0.213. The molecule has 0 saturated carbocycles. The molecule has 0 atom stereocenters. The molecule has 4 N–H and O–H groups in total. The van der Waals surface area contributed by atoms with Gasteiger partial charge in [-0.05, 0) is 0 Å². The number of hydrogen-bond donors (Lipinski definition) is 3. The molecule has 0 unspecified atom stereocenters. The molecular formula is C4H11N3. The van der Waals surface area contributed by atoms with Gasteiger partial charge in [-0.1, -0.05) is 13.8 Å². The van der Waals surface area contributed by atoms with Crippen LogP contribution in [-0.4, -0.2) is 5.84 Å². The van der Waals surface area contributed by atoms with Crippen molar-refractivity contribution >= 4 is 5.84 Å². The predicted molar refractivity (Wildman–Crippen MR) is 29.9 cm³/mol. The van der Waals surface area contributed by atoms with Gasteiger partial charge in [0.25, 0.3) is 0 Å². The zero-order chi connectivity index (χ0) is 5.86. The zero-order valence-corrected chi connectivity index (χ0v) is 4.65. The Morgan fingerprint density at radius 1 is 1.71 bits per heavy atom. The number of amidine groups is 1. The van der Waals surface area contributed by atoms with Crippen LogP contribution in [0.3, 0.4) is 0 Å². The summed E-state index contributed by atoms with van der Waals surface area (Å²) in [6.07, 6.45) is 0. The second-order valence-corrected chi connectivity index (χ2v) is 1.71. The number of nitrogens with two attached hydrogens (primary N) is 1. The third kappa shape index (κ3) is 2.17. The van der Waals surface area contributed by atoms with Gasteiger partial charge in [-0.25, -0.2) is 5.84 Å². The van der Waals surface area contributed by atoms with Gasteiger partial charge < -0.3 is 5.43 Å². The van der Waals surface area contributed by atoms with Crippen molar-refractivity contribution in [3.8, 4) is 0 Å². The summed E-state index contributed by atoms with van der Waals surface area (Å²) in [6.45, 7) is 3.81. The van der Waals surface area contributed by atoms with E-state index < -0.39 is 0 Å². The van der Waals surface area contributed by atoms with E-state index >= 15 is 0 Å². The second kappa shape index (κ2) is 2.58. The first-order chi connectivity index (χ1) is 3.18. The summed E-state index contributed by atoms with van der Waals surface area (Å²) >= 11 is 0. The highest BCUT2D eigenvalue weighted by molar-refractivity contribution is 5.79. The van der Waals surface area contributed by atoms with Gasteiger partial charge in [-0.2, -0.15) is 0 Å². The first-order valence-corrected chi connectivity index (χ1v) is 2.23. The monoisotopic (exact) mass is 101 g/mol. The topological polar surface area (TPSA) is 61.9 Å². The van der Waals surface area contributed by atoms with Crippen LogP contribution in [0.15, 0.2) is 0 Å². The zero-order valence-electron chi connectivity index (χ0n) is 4.65. The van der Waals surface area contributed by atoms with Gasteiger partial charge in [0.1, 0.15) is 5.84 Å². The molecule has 0 fully saturated rings. The Kier molecular flexibility index (Phi) is 2.37. The molecule has 0 bridgehead atoms. The molecule has 0 aromatic rings. The number of rotatable bonds is 1. The average molecular weight is 101 g/mol. The summed E-state index contributed by atoms with van der Waals surface area (Å²) < 4.78 is 0. The molecule has 0 spiro atoms. The SMILES string of the molecule is CC(C)C(=N)NN. The molecule has 0 rings (SSSR count). The van der Waals surface area contributed by atoms with Crippen LogP contribution in [0.2, 0.25) is 0 Å². The Hall–Kier alpha value is -0.570. The highest BCUT2D eigenvalue weighted by atomic mass is 15.2. The van der Waals surface area contributed by atoms with E-state index in [2.05, 4.69) is 5.43 Å². The minimum atomic E-state index is 0.213. The van der Waals surface area contributed by atoms with E-state index in [1.165, 1.54) is 0 Å². The molecule has 0 aliphatic heterocycles. The maximum absolute atomic E-state index is 6.96. The molecule has 3 nitrogen and oxygen atoms in total. The van der Waals surface area contributed by atoms with E-state index in [1.807, 2.05) is 13.8 Å². The van der Waals surface area contributed by atoms with Crippen LogP contribution in [0.1, 0.15) is 13.8 Å². The fraction of sp³-hybridized carbons (Fsp3) is 0.750. The van der Waals surface area contributed by atoms with Gasteiger partial charge >= 0.3 is 0 Å². The van der Waals surface area contributed by atoms with E-state index in [9.17, 15) is 0 Å². The highest BCUT2D eigenvalue weighted by Crippen LogP contribution is 1.87. The molecule has 0 aromatic carbocycles. The molecule has 0 aliphatic carbocycles. The third-order valence-corrected chi connectivity index (χ3v) is 0.733. The van der Waals surface area contributed by atoms with Crippen molar-refractivity contribution in [2.75, 3.05) is 0 Å². The minimum Gasteiger partial charge on any atom is -0.312 e. The summed E-state index contributed by atoms with van der Waals surface area (Å²) in [7, 11) is 0. The number of nitrogens with one attached hydrogen (secondary N) is 2. The Morgan fingerprint density at radius 2 is 2.14 bits per heavy atom. The molecule has 0 radical (unpaired) electrons. The largest absolute Gasteiger partial charge is 0.312 e. The smallest absolute Gasteiger partial charge is 0.110 e. The number of hydrogen-bond acceptors (Lipinski definition) is 2. The van der Waals surface area contributed by atoms with Crippen molar-refractivity contribution in [1.82, 2.24) is 5.43 Å². The van der Waals surface area contributed by atoms with Crippen LogP contribution in [0, 0.1) is 11.3 Å². The lowest BCUT2D eigenvalue weighted by atomic mass is 10.2. The third-order valence-electron chi connectivity index (χ3n) is 0.733. The first kappa shape index (κ1) is 6.43. The van der Waals surface area contributed by atoms with Gasteiger partial charge in [0.05, 0.1) is 0 Å². The molecule has 0 amide bonds. The van der Waals surface area contributed by atoms with Gasteiger partial charge in [0, 0.05) is 5.92 Å². The Balaban J connectivity index is 3.35. The lowest BCUT2D eigenvalue weighted by Crippen LogP contribution is -2.32. The average Bonchev–Trinajstić information content (AvgIpc) is 1.65. The lowest BCUT2D eigenvalue weighted by Gasteiger charge is -2.02. The number of hydrazine groups is 1. The van der Waals surface area contributed by atoms with E-state index in [0.29, 0.717) is 5.84 Å². The van der Waals surface area contributed by atoms with Crippen LogP contribution < -0.4 is 11.3 Å². The maximum atomic E-state index is 6.96. The van der Waals surface area contributed by atoms with Gasteiger partial charge in [-0.3, -0.25) is 5.41 Å². The standard InChI is InChI=1S/C4H11N3/c1-3(2)4(5)7-6/h3H,6H2,1-2H3,(H2,5,7). The van der Waals surface area contributed by atoms with E-state index in [0.717, 1.165) is 0 Å². The van der Waals surface area contributed by atoms with Gasteiger partial charge in [0.15, 0.2) is 0 Å². The van der Waals surface area contributed by atoms with Crippen LogP contribution in [-0.2, 0) is 0 Å². The summed E-state index contributed by atoms with van der Waals surface area (Å²) in [4.78, 5) is 0. The molecule has 0 aliphatic rings. The maximum Gasteiger partial charge on any atom is 0.110 e. The first-order valence-electron chi connectivity index (χ1n) is 2.23. The van der Waals surface area contributed by atoms with Crippen LogP contribution in [0.4, 0.5) is 0 Å². The van der Waals surface area contributed by atoms with Crippen LogP contribution in [0.25, 0.3) is 0 Å². The quantitative estimate of drug-likeness (QED) is 0.189. The fourth-order valence-electron chi connectivity index (χ4n) is 0.167. The Labute approximate surface area is 43.4 Å². The van der Waals surface area contributed by atoms with Crippen molar-refractivity contribution in [3.05, 3.63) is 0 Å². The molecule has 0 heterocycles. The van der Waals surface area contributed by atoms with Gasteiger partial charge in [0.2, 0.25) is 0 Å². The fourth-order valence-corrected chi connectivity index (χ4v) is 0.167. The van der Waals surface area contributed by atoms with E-state index in [1.54, 1.807) is 0 Å². The van der Waals surface area contributed by atoms with E-state index in [-0.39, 0.29) is 5.92 Å². The lowest BCUT2D eigenvalue weighted by molar-refractivity contribution is 0.805. The molecule has 7 heavy (non-hydrogen) atoms. The summed E-state index contributed by atoms with van der Waals surface area (Å²) in [6, 6.07) is 0. The molecule has 3 heteroatoms. The second-order valence-electron chi connectivity index (χ2n) is 1.71. The summed E-state index contributed by atoms with van der Waals surface area (Å²) in [5.74, 6) is 5.49. The molecular weight excluding hydrogens is 90.1 g/mol. The molecule has 0 aromatic heterocycles. The van der Waals surface area contributed by atoms with Crippen molar-refractivity contribution in [3.63, 3.8) is 0 Å². The van der Waals surface area contributed by atoms with Crippen LogP contribution >= 0.6 is 0 Å². The van der Waals surface area contributed by atoms with E-state index in [4.69, 9.17) is 11.3 Å². The Morgan fingerprint density at radius 3 is 2.14 bits per heavy atom. The Bertz CT molecular complexity index is 67.3. The van der Waals surface area contributed by atoms with Crippen molar-refractivity contribution in [2.45, 2.75) is 13.8 Å². The summed E-state index contributed by atoms with van der Waals surface area (Å²) in [5.41, 5.74) is 2.25. The van der Waals surface area contributed by atoms with Crippen molar-refractivity contribution < 1.29 is 0 Å². The van der Waals surface area contributed by atoms with Gasteiger partial charge in [-0.15, -0.1) is 0 Å². The van der Waals surface area contributed by atoms with Crippen LogP contribution in [0.5, 0.6) is 0 Å².